The molecule has 1 amide bonds. The molecule has 7 heteroatoms. The number of sulfonamides is 1. The van der Waals surface area contributed by atoms with Crippen LogP contribution < -0.4 is 10.0 Å². The van der Waals surface area contributed by atoms with E-state index in [1.165, 1.54) is 30.3 Å². The molecule has 0 saturated carbocycles. The van der Waals surface area contributed by atoms with Gasteiger partial charge < -0.3 is 5.32 Å². The van der Waals surface area contributed by atoms with Gasteiger partial charge in [-0.2, -0.15) is 0 Å². The van der Waals surface area contributed by atoms with E-state index in [2.05, 4.69) is 16.6 Å². The van der Waals surface area contributed by atoms with Crippen LogP contribution in [-0.2, 0) is 10.0 Å². The van der Waals surface area contributed by atoms with Gasteiger partial charge in [0.1, 0.15) is 0 Å². The zero-order chi connectivity index (χ0) is 16.9. The van der Waals surface area contributed by atoms with Gasteiger partial charge in [0.25, 0.3) is 15.9 Å². The van der Waals surface area contributed by atoms with Crippen LogP contribution in [0.4, 0.5) is 5.69 Å². The van der Waals surface area contributed by atoms with Crippen molar-refractivity contribution in [2.75, 3.05) is 11.3 Å². The van der Waals surface area contributed by atoms with Crippen LogP contribution in [0.15, 0.2) is 66.1 Å². The second kappa shape index (κ2) is 7.30. The first-order valence-corrected chi connectivity index (χ1v) is 8.56. The van der Waals surface area contributed by atoms with E-state index >= 15 is 0 Å². The Hall–Kier alpha value is -2.31. The first-order valence-electron chi connectivity index (χ1n) is 6.70. The molecule has 23 heavy (non-hydrogen) atoms. The SMILES string of the molecule is C=CCNC(=O)c1ccc(NS(=O)(=O)c2ccccc2)c(Cl)c1. The molecule has 0 bridgehead atoms. The van der Waals surface area contributed by atoms with Gasteiger partial charge in [0.15, 0.2) is 0 Å². The maximum Gasteiger partial charge on any atom is 0.261 e. The lowest BCUT2D eigenvalue weighted by molar-refractivity contribution is 0.0958. The van der Waals surface area contributed by atoms with E-state index in [1.807, 2.05) is 0 Å². The monoisotopic (exact) mass is 350 g/mol. The molecule has 0 aromatic heterocycles. The summed E-state index contributed by atoms with van der Waals surface area (Å²) in [4.78, 5) is 11.9. The molecule has 0 aliphatic heterocycles. The summed E-state index contributed by atoms with van der Waals surface area (Å²) in [5.74, 6) is -0.315. The second-order valence-corrected chi connectivity index (χ2v) is 6.70. The first-order chi connectivity index (χ1) is 10.9. The Bertz CT molecular complexity index is 820. The molecular formula is C16H15ClN2O3S. The van der Waals surface area contributed by atoms with Crippen molar-refractivity contribution in [3.05, 3.63) is 71.8 Å². The number of carbonyl (C=O) groups is 1. The van der Waals surface area contributed by atoms with Crippen LogP contribution in [0.1, 0.15) is 10.4 Å². The molecule has 120 valence electrons. The molecule has 5 nitrogen and oxygen atoms in total. The minimum Gasteiger partial charge on any atom is -0.349 e. The van der Waals surface area contributed by atoms with Crippen LogP contribution in [0, 0.1) is 0 Å². The summed E-state index contributed by atoms with van der Waals surface area (Å²) in [5.41, 5.74) is 0.537. The maximum absolute atomic E-state index is 12.3. The molecule has 0 unspecified atom stereocenters. The third kappa shape index (κ3) is 4.34. The highest BCUT2D eigenvalue weighted by Crippen LogP contribution is 2.25. The minimum atomic E-state index is -3.73. The van der Waals surface area contributed by atoms with Gasteiger partial charge in [-0.25, -0.2) is 8.42 Å². The van der Waals surface area contributed by atoms with Crippen molar-refractivity contribution in [1.82, 2.24) is 5.32 Å². The Morgan fingerprint density at radius 3 is 2.48 bits per heavy atom. The summed E-state index contributed by atoms with van der Waals surface area (Å²) in [6.07, 6.45) is 1.56. The van der Waals surface area contributed by atoms with Crippen molar-refractivity contribution in [3.8, 4) is 0 Å². The fourth-order valence-corrected chi connectivity index (χ4v) is 3.19. The molecule has 2 aromatic rings. The zero-order valence-corrected chi connectivity index (χ0v) is 13.7. The Balaban J connectivity index is 2.22. The fraction of sp³-hybridized carbons (Fsp3) is 0.0625. The van der Waals surface area contributed by atoms with Crippen molar-refractivity contribution < 1.29 is 13.2 Å². The van der Waals surface area contributed by atoms with Crippen molar-refractivity contribution in [1.29, 1.82) is 0 Å². The van der Waals surface area contributed by atoms with Crippen LogP contribution >= 0.6 is 11.6 Å². The lowest BCUT2D eigenvalue weighted by atomic mass is 10.2. The summed E-state index contributed by atoms with van der Waals surface area (Å²) in [7, 11) is -3.73. The highest BCUT2D eigenvalue weighted by Gasteiger charge is 2.16. The Morgan fingerprint density at radius 1 is 1.17 bits per heavy atom. The van der Waals surface area contributed by atoms with Gasteiger partial charge in [0, 0.05) is 12.1 Å². The van der Waals surface area contributed by atoms with Crippen LogP contribution in [0.5, 0.6) is 0 Å². The average molecular weight is 351 g/mol. The quantitative estimate of drug-likeness (QED) is 0.786. The third-order valence-electron chi connectivity index (χ3n) is 2.94. The standard InChI is InChI=1S/C16H15ClN2O3S/c1-2-10-18-16(20)12-8-9-15(14(17)11-12)19-23(21,22)13-6-4-3-5-7-13/h2-9,11,19H,1,10H2,(H,18,20). The predicted molar refractivity (Wildman–Crippen MR) is 91.2 cm³/mol. The minimum absolute atomic E-state index is 0.129. The maximum atomic E-state index is 12.3. The molecule has 2 aromatic carbocycles. The van der Waals surface area contributed by atoms with Crippen molar-refractivity contribution >= 4 is 33.2 Å². The summed E-state index contributed by atoms with van der Waals surface area (Å²) >= 11 is 6.07. The molecular weight excluding hydrogens is 336 g/mol. The second-order valence-electron chi connectivity index (χ2n) is 4.61. The van der Waals surface area contributed by atoms with E-state index in [0.29, 0.717) is 12.1 Å². The highest BCUT2D eigenvalue weighted by atomic mass is 35.5. The zero-order valence-electron chi connectivity index (χ0n) is 12.1. The molecule has 0 fully saturated rings. The lowest BCUT2D eigenvalue weighted by Crippen LogP contribution is -2.23. The van der Waals surface area contributed by atoms with E-state index in [4.69, 9.17) is 11.6 Å². The molecule has 0 atom stereocenters. The molecule has 0 heterocycles. The fourth-order valence-electron chi connectivity index (χ4n) is 1.81. The lowest BCUT2D eigenvalue weighted by Gasteiger charge is -2.11. The van der Waals surface area contributed by atoms with Crippen LogP contribution in [0.2, 0.25) is 5.02 Å². The topological polar surface area (TPSA) is 75.3 Å². The average Bonchev–Trinajstić information content (AvgIpc) is 2.55. The van der Waals surface area contributed by atoms with E-state index < -0.39 is 10.0 Å². The summed E-state index contributed by atoms with van der Waals surface area (Å²) < 4.78 is 26.9. The molecule has 0 aliphatic carbocycles. The number of rotatable bonds is 6. The van der Waals surface area contributed by atoms with Crippen LogP contribution in [-0.4, -0.2) is 20.9 Å². The number of carbonyl (C=O) groups excluding carboxylic acids is 1. The number of hydrogen-bond donors (Lipinski definition) is 2. The van der Waals surface area contributed by atoms with Gasteiger partial charge >= 0.3 is 0 Å². The number of halogens is 1. The van der Waals surface area contributed by atoms with Crippen LogP contribution in [0.3, 0.4) is 0 Å². The molecule has 2 N–H and O–H groups in total. The molecule has 0 spiro atoms. The van der Waals surface area contributed by atoms with Crippen molar-refractivity contribution in [2.45, 2.75) is 4.90 Å². The highest BCUT2D eigenvalue weighted by molar-refractivity contribution is 7.92. The van der Waals surface area contributed by atoms with E-state index in [-0.39, 0.29) is 21.5 Å². The van der Waals surface area contributed by atoms with E-state index in [1.54, 1.807) is 24.3 Å². The number of anilines is 1. The molecule has 0 aliphatic rings. The molecule has 0 radical (unpaired) electrons. The van der Waals surface area contributed by atoms with Gasteiger partial charge in [-0.3, -0.25) is 9.52 Å². The number of hydrogen-bond acceptors (Lipinski definition) is 3. The number of amides is 1. The van der Waals surface area contributed by atoms with E-state index in [0.717, 1.165) is 0 Å². The summed E-state index contributed by atoms with van der Waals surface area (Å²) in [6, 6.07) is 12.3. The molecule has 2 rings (SSSR count). The normalized spacial score (nSPS) is 10.8. The Kier molecular flexibility index (Phi) is 5.41. The van der Waals surface area contributed by atoms with Crippen LogP contribution in [0.25, 0.3) is 0 Å². The summed E-state index contributed by atoms with van der Waals surface area (Å²) in [5, 5.41) is 2.75. The summed E-state index contributed by atoms with van der Waals surface area (Å²) in [6.45, 7) is 3.84. The Morgan fingerprint density at radius 2 is 1.87 bits per heavy atom. The number of benzene rings is 2. The van der Waals surface area contributed by atoms with Gasteiger partial charge in [0.05, 0.1) is 15.6 Å². The van der Waals surface area contributed by atoms with Gasteiger partial charge in [0.2, 0.25) is 0 Å². The first kappa shape index (κ1) is 17.1. The number of nitrogens with one attached hydrogen (secondary N) is 2. The third-order valence-corrected chi connectivity index (χ3v) is 4.63. The van der Waals surface area contributed by atoms with Gasteiger partial charge in [-0.05, 0) is 30.3 Å². The molecule has 0 saturated heterocycles. The van der Waals surface area contributed by atoms with E-state index in [9.17, 15) is 13.2 Å². The van der Waals surface area contributed by atoms with Gasteiger partial charge in [-0.1, -0.05) is 35.9 Å². The smallest absolute Gasteiger partial charge is 0.261 e. The van der Waals surface area contributed by atoms with Crippen molar-refractivity contribution in [3.63, 3.8) is 0 Å². The largest absolute Gasteiger partial charge is 0.349 e. The van der Waals surface area contributed by atoms with Gasteiger partial charge in [-0.15, -0.1) is 6.58 Å². The van der Waals surface area contributed by atoms with Crippen molar-refractivity contribution in [2.24, 2.45) is 0 Å². The predicted octanol–water partition coefficient (Wildman–Crippen LogP) is 3.06. The Labute approximate surface area is 140 Å².